The molecule has 7 heteroatoms. The second kappa shape index (κ2) is 8.26. The number of rotatable bonds is 4. The van der Waals surface area contributed by atoms with Gasteiger partial charge in [-0.2, -0.15) is 0 Å². The van der Waals surface area contributed by atoms with Gasteiger partial charge in [0.25, 0.3) is 0 Å². The number of piperidine rings is 1. The van der Waals surface area contributed by atoms with Gasteiger partial charge in [0.1, 0.15) is 5.54 Å². The van der Waals surface area contributed by atoms with Gasteiger partial charge < -0.3 is 4.90 Å². The van der Waals surface area contributed by atoms with E-state index in [9.17, 15) is 14.4 Å². The maximum atomic E-state index is 14.0. The molecular formula is C26H28ClN3O3. The molecule has 3 aliphatic rings. The number of carbonyl (C=O) groups excluding carboxylic acids is 3. The number of halogens is 1. The highest BCUT2D eigenvalue weighted by Gasteiger charge is 2.68. The largest absolute Gasteiger partial charge is 0.337 e. The molecule has 0 aliphatic carbocycles. The molecule has 5 rings (SSSR count). The smallest absolute Gasteiger partial charge is 0.244 e. The summed E-state index contributed by atoms with van der Waals surface area (Å²) in [5.41, 5.74) is 1.98. The Bertz CT molecular complexity index is 1100. The van der Waals surface area contributed by atoms with Crippen LogP contribution in [-0.4, -0.2) is 46.1 Å². The fourth-order valence-electron chi connectivity index (χ4n) is 5.86. The molecule has 172 valence electrons. The highest BCUT2D eigenvalue weighted by atomic mass is 35.5. The first-order chi connectivity index (χ1) is 15.9. The topological polar surface area (TPSA) is 69.7 Å². The van der Waals surface area contributed by atoms with E-state index in [1.807, 2.05) is 67.3 Å². The van der Waals surface area contributed by atoms with Crippen molar-refractivity contribution >= 4 is 29.3 Å². The predicted octanol–water partition coefficient (Wildman–Crippen LogP) is 3.48. The van der Waals surface area contributed by atoms with Gasteiger partial charge >= 0.3 is 0 Å². The van der Waals surface area contributed by atoms with E-state index < -0.39 is 17.4 Å². The zero-order valence-corrected chi connectivity index (χ0v) is 19.6. The molecule has 0 bridgehead atoms. The average Bonchev–Trinajstić information content (AvgIpc) is 3.27. The van der Waals surface area contributed by atoms with E-state index in [2.05, 4.69) is 5.32 Å². The molecule has 3 aliphatic heterocycles. The van der Waals surface area contributed by atoms with Gasteiger partial charge in [-0.15, -0.1) is 0 Å². The third-order valence-electron chi connectivity index (χ3n) is 7.45. The van der Waals surface area contributed by atoms with Crippen molar-refractivity contribution in [3.8, 4) is 0 Å². The number of imide groups is 1. The number of nitrogens with one attached hydrogen (secondary N) is 1. The molecule has 0 saturated carbocycles. The Morgan fingerprint density at radius 1 is 1.03 bits per heavy atom. The lowest BCUT2D eigenvalue weighted by molar-refractivity contribution is -0.150. The monoisotopic (exact) mass is 465 g/mol. The van der Waals surface area contributed by atoms with E-state index in [-0.39, 0.29) is 23.8 Å². The first-order valence-corrected chi connectivity index (χ1v) is 12.0. The number of hydrogen-bond acceptors (Lipinski definition) is 4. The van der Waals surface area contributed by atoms with Crippen LogP contribution in [-0.2, 0) is 20.9 Å². The van der Waals surface area contributed by atoms with Gasteiger partial charge in [0.2, 0.25) is 17.7 Å². The summed E-state index contributed by atoms with van der Waals surface area (Å²) in [5.74, 6) is -1.75. The molecule has 3 saturated heterocycles. The van der Waals surface area contributed by atoms with Crippen LogP contribution in [0.2, 0.25) is 5.02 Å². The second-order valence-electron chi connectivity index (χ2n) is 9.38. The maximum Gasteiger partial charge on any atom is 0.244 e. The SMILES string of the molecule is CCN1C(=O)[C@H]2[C@@H](c3ccc(C)cc3)N[C@]3(CCCN(Cc4ccc(Cl)cc4)C3=O)[C@H]2C1=O. The number of carbonyl (C=O) groups is 3. The molecule has 6 nitrogen and oxygen atoms in total. The third-order valence-corrected chi connectivity index (χ3v) is 7.70. The normalized spacial score (nSPS) is 29.3. The van der Waals surface area contributed by atoms with Crippen molar-refractivity contribution < 1.29 is 14.4 Å². The minimum Gasteiger partial charge on any atom is -0.337 e. The first-order valence-electron chi connectivity index (χ1n) is 11.6. The molecule has 0 unspecified atom stereocenters. The van der Waals surface area contributed by atoms with E-state index in [0.29, 0.717) is 31.1 Å². The molecule has 3 heterocycles. The Morgan fingerprint density at radius 3 is 2.39 bits per heavy atom. The van der Waals surface area contributed by atoms with Crippen molar-refractivity contribution in [1.29, 1.82) is 0 Å². The average molecular weight is 466 g/mol. The van der Waals surface area contributed by atoms with E-state index in [0.717, 1.165) is 23.1 Å². The highest BCUT2D eigenvalue weighted by Crippen LogP contribution is 2.52. The summed E-state index contributed by atoms with van der Waals surface area (Å²) < 4.78 is 0. The second-order valence-corrected chi connectivity index (χ2v) is 9.82. The van der Waals surface area contributed by atoms with Crippen LogP contribution in [0.4, 0.5) is 0 Å². The van der Waals surface area contributed by atoms with Crippen molar-refractivity contribution in [1.82, 2.24) is 15.1 Å². The first kappa shape index (κ1) is 22.1. The molecule has 2 aromatic carbocycles. The van der Waals surface area contributed by atoms with Crippen molar-refractivity contribution in [3.05, 3.63) is 70.2 Å². The summed E-state index contributed by atoms with van der Waals surface area (Å²) in [5, 5.41) is 4.19. The Kier molecular flexibility index (Phi) is 5.53. The summed E-state index contributed by atoms with van der Waals surface area (Å²) in [6, 6.07) is 15.1. The van der Waals surface area contributed by atoms with Crippen molar-refractivity contribution in [2.75, 3.05) is 13.1 Å². The van der Waals surface area contributed by atoms with Gasteiger partial charge in [-0.3, -0.25) is 24.6 Å². The summed E-state index contributed by atoms with van der Waals surface area (Å²) >= 11 is 6.02. The van der Waals surface area contributed by atoms with Crippen LogP contribution >= 0.6 is 11.6 Å². The minimum atomic E-state index is -1.07. The van der Waals surface area contributed by atoms with Crippen LogP contribution in [0.15, 0.2) is 48.5 Å². The Balaban J connectivity index is 1.53. The highest BCUT2D eigenvalue weighted by molar-refractivity contribution is 6.30. The number of likely N-dealkylation sites (tertiary alicyclic amines) is 2. The fourth-order valence-corrected chi connectivity index (χ4v) is 5.99. The Morgan fingerprint density at radius 2 is 1.73 bits per heavy atom. The summed E-state index contributed by atoms with van der Waals surface area (Å²) in [4.78, 5) is 44.0. The molecule has 3 amide bonds. The van der Waals surface area contributed by atoms with E-state index in [1.165, 1.54) is 4.90 Å². The van der Waals surface area contributed by atoms with Gasteiger partial charge in [-0.25, -0.2) is 0 Å². The number of benzene rings is 2. The predicted molar refractivity (Wildman–Crippen MR) is 125 cm³/mol. The Hall–Kier alpha value is -2.70. The van der Waals surface area contributed by atoms with Crippen LogP contribution < -0.4 is 5.32 Å². The van der Waals surface area contributed by atoms with E-state index in [1.54, 1.807) is 0 Å². The van der Waals surface area contributed by atoms with Crippen molar-refractivity contribution in [3.63, 3.8) is 0 Å². The molecule has 33 heavy (non-hydrogen) atoms. The number of amides is 3. The number of aryl methyl sites for hydroxylation is 1. The summed E-state index contributed by atoms with van der Waals surface area (Å²) in [6.07, 6.45) is 1.31. The van der Waals surface area contributed by atoms with Gasteiger partial charge in [0, 0.05) is 30.7 Å². The minimum absolute atomic E-state index is 0.0904. The Labute approximate surface area is 198 Å². The molecule has 1 N–H and O–H groups in total. The summed E-state index contributed by atoms with van der Waals surface area (Å²) in [6.45, 7) is 5.22. The van der Waals surface area contributed by atoms with E-state index >= 15 is 0 Å². The lowest BCUT2D eigenvalue weighted by Crippen LogP contribution is -2.63. The van der Waals surface area contributed by atoms with Gasteiger partial charge in [0.05, 0.1) is 11.8 Å². The molecule has 0 radical (unpaired) electrons. The molecule has 2 aromatic rings. The summed E-state index contributed by atoms with van der Waals surface area (Å²) in [7, 11) is 0. The molecule has 1 spiro atoms. The van der Waals surface area contributed by atoms with Crippen LogP contribution in [0, 0.1) is 18.8 Å². The zero-order chi connectivity index (χ0) is 23.3. The molecule has 4 atom stereocenters. The van der Waals surface area contributed by atoms with Crippen LogP contribution in [0.5, 0.6) is 0 Å². The van der Waals surface area contributed by atoms with E-state index in [4.69, 9.17) is 11.6 Å². The van der Waals surface area contributed by atoms with Crippen LogP contribution in [0.25, 0.3) is 0 Å². The van der Waals surface area contributed by atoms with Crippen molar-refractivity contribution in [2.45, 2.75) is 44.8 Å². The third kappa shape index (κ3) is 3.47. The molecular weight excluding hydrogens is 438 g/mol. The zero-order valence-electron chi connectivity index (χ0n) is 18.9. The number of hydrogen-bond donors (Lipinski definition) is 1. The quantitative estimate of drug-likeness (QED) is 0.702. The van der Waals surface area contributed by atoms with Crippen LogP contribution in [0.3, 0.4) is 0 Å². The van der Waals surface area contributed by atoms with Crippen molar-refractivity contribution in [2.24, 2.45) is 11.8 Å². The molecule has 0 aromatic heterocycles. The lowest BCUT2D eigenvalue weighted by atomic mass is 9.74. The van der Waals surface area contributed by atoms with Gasteiger partial charge in [-0.05, 0) is 49.9 Å². The number of fused-ring (bicyclic) bond motifs is 2. The lowest BCUT2D eigenvalue weighted by Gasteiger charge is -2.42. The standard InChI is InChI=1S/C26H28ClN3O3/c1-3-30-23(31)20-21(24(30)32)26(28-22(20)18-9-5-16(2)6-10-18)13-4-14-29(25(26)33)15-17-7-11-19(27)12-8-17/h5-12,20-22,28H,3-4,13-15H2,1-2H3/t20-,21-,22-,26-/m1/s1. The van der Waals surface area contributed by atoms with Gasteiger partial charge in [0.15, 0.2) is 0 Å². The van der Waals surface area contributed by atoms with Crippen LogP contribution in [0.1, 0.15) is 42.5 Å². The molecule has 3 fully saturated rings. The number of nitrogens with zero attached hydrogens (tertiary/aromatic N) is 2. The fraction of sp³-hybridized carbons (Fsp3) is 0.423. The maximum absolute atomic E-state index is 14.0. The van der Waals surface area contributed by atoms with Gasteiger partial charge in [-0.1, -0.05) is 53.6 Å².